The third-order valence-corrected chi connectivity index (χ3v) is 5.77. The number of rotatable bonds is 0. The Kier molecular flexibility index (Phi) is 3.40. The fourth-order valence-electron chi connectivity index (χ4n) is 4.09. The van der Waals surface area contributed by atoms with Crippen molar-refractivity contribution in [2.75, 3.05) is 20.2 Å². The van der Waals surface area contributed by atoms with E-state index in [9.17, 15) is 0 Å². The molecule has 0 radical (unpaired) electrons. The molecule has 1 aromatic carbocycles. The van der Waals surface area contributed by atoms with Crippen LogP contribution in [0.15, 0.2) is 0 Å². The molecular weight excluding hydrogens is 290 g/mol. The maximum absolute atomic E-state index is 6.36. The summed E-state index contributed by atoms with van der Waals surface area (Å²) in [6.07, 6.45) is 2.97. The number of likely N-dealkylation sites (N-methyl/N-ethyl adjacent to an activating group) is 1. The van der Waals surface area contributed by atoms with Gasteiger partial charge in [0.05, 0.1) is 12.6 Å². The zero-order chi connectivity index (χ0) is 16.4. The van der Waals surface area contributed by atoms with E-state index >= 15 is 0 Å². The van der Waals surface area contributed by atoms with Crippen LogP contribution in [-0.4, -0.2) is 43.0 Å². The lowest BCUT2D eigenvalue weighted by atomic mass is 9.84. The number of morpholine rings is 1. The summed E-state index contributed by atoms with van der Waals surface area (Å²) in [7, 11) is 2.17. The summed E-state index contributed by atoms with van der Waals surface area (Å²) in [5.74, 6) is 2.14. The van der Waals surface area contributed by atoms with E-state index in [0.717, 1.165) is 43.9 Å². The molecule has 4 rings (SSSR count). The van der Waals surface area contributed by atoms with E-state index in [4.69, 9.17) is 14.2 Å². The van der Waals surface area contributed by atoms with Crippen LogP contribution in [0, 0.1) is 13.8 Å². The molecule has 3 aliphatic heterocycles. The molecule has 0 unspecified atom stereocenters. The Balaban J connectivity index is 1.83. The highest BCUT2D eigenvalue weighted by atomic mass is 16.7. The van der Waals surface area contributed by atoms with Crippen molar-refractivity contribution in [3.05, 3.63) is 22.3 Å². The first-order valence-corrected chi connectivity index (χ1v) is 8.70. The maximum atomic E-state index is 6.36. The van der Waals surface area contributed by atoms with Gasteiger partial charge in [-0.25, -0.2) is 0 Å². The van der Waals surface area contributed by atoms with Crippen LogP contribution in [0.2, 0.25) is 0 Å². The smallest absolute Gasteiger partial charge is 0.215 e. The van der Waals surface area contributed by atoms with Gasteiger partial charge in [0.1, 0.15) is 17.1 Å². The van der Waals surface area contributed by atoms with E-state index in [2.05, 4.69) is 39.6 Å². The van der Waals surface area contributed by atoms with Crippen molar-refractivity contribution in [3.63, 3.8) is 0 Å². The Bertz CT molecular complexity index is 653. The number of benzene rings is 1. The van der Waals surface area contributed by atoms with Crippen LogP contribution in [-0.2, 0) is 17.6 Å². The van der Waals surface area contributed by atoms with Gasteiger partial charge < -0.3 is 14.2 Å². The van der Waals surface area contributed by atoms with Crippen molar-refractivity contribution in [2.45, 2.75) is 64.9 Å². The van der Waals surface area contributed by atoms with Gasteiger partial charge in [-0.05, 0) is 65.1 Å². The third-order valence-electron chi connectivity index (χ3n) is 5.77. The molecule has 2 atom stereocenters. The minimum absolute atomic E-state index is 0.0821. The van der Waals surface area contributed by atoms with Crippen LogP contribution in [0.3, 0.4) is 0 Å². The zero-order valence-corrected chi connectivity index (χ0v) is 14.9. The minimum Gasteiger partial charge on any atom is -0.487 e. The molecule has 1 aromatic rings. The number of ether oxygens (including phenoxy) is 3. The highest BCUT2D eigenvalue weighted by molar-refractivity contribution is 5.60. The Morgan fingerprint density at radius 3 is 2.61 bits per heavy atom. The summed E-state index contributed by atoms with van der Waals surface area (Å²) in [5.41, 5.74) is 5.04. The van der Waals surface area contributed by atoms with Gasteiger partial charge in [0.15, 0.2) is 0 Å². The number of hydrogen-bond donors (Lipinski definition) is 0. The van der Waals surface area contributed by atoms with Crippen LogP contribution in [0.5, 0.6) is 11.5 Å². The van der Waals surface area contributed by atoms with Crippen molar-refractivity contribution >= 4 is 0 Å². The normalized spacial score (nSPS) is 28.9. The minimum atomic E-state index is -0.140. The first kappa shape index (κ1) is 15.3. The third kappa shape index (κ3) is 2.34. The molecule has 0 spiro atoms. The van der Waals surface area contributed by atoms with Crippen LogP contribution in [0.4, 0.5) is 0 Å². The van der Waals surface area contributed by atoms with Gasteiger partial charge in [0, 0.05) is 17.7 Å². The second kappa shape index (κ2) is 5.12. The Hall–Kier alpha value is -1.26. The van der Waals surface area contributed by atoms with E-state index in [0.29, 0.717) is 6.04 Å². The molecule has 3 heterocycles. The van der Waals surface area contributed by atoms with E-state index in [1.165, 1.54) is 22.3 Å². The van der Waals surface area contributed by atoms with Gasteiger partial charge in [0.2, 0.25) is 6.29 Å². The molecule has 1 fully saturated rings. The standard InChI is InChI=1S/C19H27NO3/c1-11-12(2)17-13(6-7-19(3,4)23-17)14-10-15-18(22-16(11)14)21-9-8-20(15)5/h15,18H,6-10H2,1-5H3/t15-,18+/m1/s1. The second-order valence-corrected chi connectivity index (χ2v) is 7.84. The van der Waals surface area contributed by atoms with Crippen LogP contribution in [0.1, 0.15) is 42.5 Å². The first-order chi connectivity index (χ1) is 10.9. The van der Waals surface area contributed by atoms with Gasteiger partial charge in [-0.1, -0.05) is 0 Å². The highest BCUT2D eigenvalue weighted by Gasteiger charge is 2.41. The fourth-order valence-corrected chi connectivity index (χ4v) is 4.09. The number of hydrogen-bond acceptors (Lipinski definition) is 4. The molecule has 0 aliphatic carbocycles. The van der Waals surface area contributed by atoms with Crippen molar-refractivity contribution in [1.29, 1.82) is 0 Å². The van der Waals surface area contributed by atoms with Crippen molar-refractivity contribution in [2.24, 2.45) is 0 Å². The Morgan fingerprint density at radius 1 is 1.09 bits per heavy atom. The van der Waals surface area contributed by atoms with Crippen LogP contribution < -0.4 is 9.47 Å². The fraction of sp³-hybridized carbons (Fsp3) is 0.684. The van der Waals surface area contributed by atoms with Crippen LogP contribution in [0.25, 0.3) is 0 Å². The molecule has 23 heavy (non-hydrogen) atoms. The molecule has 126 valence electrons. The van der Waals surface area contributed by atoms with Gasteiger partial charge in [-0.15, -0.1) is 0 Å². The molecule has 3 aliphatic rings. The number of fused-ring (bicyclic) bond motifs is 4. The summed E-state index contributed by atoms with van der Waals surface area (Å²) in [6.45, 7) is 10.4. The monoisotopic (exact) mass is 317 g/mol. The largest absolute Gasteiger partial charge is 0.487 e. The molecule has 0 saturated carbocycles. The van der Waals surface area contributed by atoms with Gasteiger partial charge in [-0.3, -0.25) is 4.90 Å². The topological polar surface area (TPSA) is 30.9 Å². The molecule has 0 N–H and O–H groups in total. The van der Waals surface area contributed by atoms with Gasteiger partial charge in [0.25, 0.3) is 0 Å². The first-order valence-electron chi connectivity index (χ1n) is 8.70. The lowest BCUT2D eigenvalue weighted by Crippen LogP contribution is -2.55. The van der Waals surface area contributed by atoms with Crippen molar-refractivity contribution in [3.8, 4) is 11.5 Å². The molecule has 4 heteroatoms. The van der Waals surface area contributed by atoms with Gasteiger partial charge in [-0.2, -0.15) is 0 Å². The lowest BCUT2D eigenvalue weighted by Gasteiger charge is -2.44. The predicted molar refractivity (Wildman–Crippen MR) is 89.4 cm³/mol. The van der Waals surface area contributed by atoms with E-state index < -0.39 is 0 Å². The molecule has 0 amide bonds. The molecule has 0 bridgehead atoms. The molecular formula is C19H27NO3. The average molecular weight is 317 g/mol. The van der Waals surface area contributed by atoms with E-state index in [1.54, 1.807) is 0 Å². The predicted octanol–water partition coefficient (Wildman–Crippen LogP) is 3.00. The number of nitrogens with zero attached hydrogens (tertiary/aromatic N) is 1. The van der Waals surface area contributed by atoms with Crippen molar-refractivity contribution < 1.29 is 14.2 Å². The molecule has 0 aromatic heterocycles. The SMILES string of the molecule is Cc1c(C)c2c(c3c1O[C@@H]1OCCN(C)[C@@H]1C3)CCC(C)(C)O2. The molecule has 1 saturated heterocycles. The average Bonchev–Trinajstić information content (AvgIpc) is 2.51. The Labute approximate surface area is 138 Å². The molecule has 4 nitrogen and oxygen atoms in total. The van der Waals surface area contributed by atoms with E-state index in [-0.39, 0.29) is 11.9 Å². The van der Waals surface area contributed by atoms with Crippen molar-refractivity contribution in [1.82, 2.24) is 4.90 Å². The summed E-state index contributed by atoms with van der Waals surface area (Å²) in [6, 6.07) is 0.303. The van der Waals surface area contributed by atoms with E-state index in [1.807, 2.05) is 0 Å². The zero-order valence-electron chi connectivity index (χ0n) is 14.9. The summed E-state index contributed by atoms with van der Waals surface area (Å²) in [5, 5.41) is 0. The lowest BCUT2D eigenvalue weighted by molar-refractivity contribution is -0.166. The summed E-state index contributed by atoms with van der Waals surface area (Å²) < 4.78 is 18.6. The second-order valence-electron chi connectivity index (χ2n) is 7.84. The summed E-state index contributed by atoms with van der Waals surface area (Å²) >= 11 is 0. The quantitative estimate of drug-likeness (QED) is 0.736. The van der Waals surface area contributed by atoms with Crippen LogP contribution >= 0.6 is 0 Å². The maximum Gasteiger partial charge on any atom is 0.215 e. The highest BCUT2D eigenvalue weighted by Crippen LogP contribution is 2.47. The Morgan fingerprint density at radius 2 is 1.83 bits per heavy atom. The summed E-state index contributed by atoms with van der Waals surface area (Å²) in [4.78, 5) is 2.37. The van der Waals surface area contributed by atoms with Gasteiger partial charge >= 0.3 is 0 Å².